The highest BCUT2D eigenvalue weighted by atomic mass is 15.2. The van der Waals surface area contributed by atoms with Crippen LogP contribution in [0.1, 0.15) is 36.8 Å². The van der Waals surface area contributed by atoms with Gasteiger partial charge in [-0.3, -0.25) is 0 Å². The molecule has 2 fully saturated rings. The van der Waals surface area contributed by atoms with Gasteiger partial charge in [-0.05, 0) is 49.1 Å². The fourth-order valence-corrected chi connectivity index (χ4v) is 6.08. The Morgan fingerprint density at radius 1 is 1.24 bits per heavy atom. The molecule has 2 nitrogen and oxygen atoms in total. The highest BCUT2D eigenvalue weighted by Gasteiger charge is 2.65. The molecule has 1 aromatic rings. The smallest absolute Gasteiger partial charge is 0.179 e. The zero-order valence-electron chi connectivity index (χ0n) is 12.3. The summed E-state index contributed by atoms with van der Waals surface area (Å²) in [5.41, 5.74) is 3.61. The molecule has 0 aromatic heterocycles. The number of piperidine rings is 1. The number of allylic oxidation sites excluding steroid dienone is 1. The number of benzene rings is 1. The first kappa shape index (κ1) is 11.9. The van der Waals surface area contributed by atoms with Crippen LogP contribution in [-0.2, 0) is 11.8 Å². The van der Waals surface area contributed by atoms with Crippen molar-refractivity contribution in [2.75, 3.05) is 6.54 Å². The van der Waals surface area contributed by atoms with E-state index in [1.807, 2.05) is 0 Å². The Balaban J connectivity index is 1.81. The lowest BCUT2D eigenvalue weighted by atomic mass is 9.40. The Kier molecular flexibility index (Phi) is 2.10. The van der Waals surface area contributed by atoms with Crippen LogP contribution < -0.4 is 0 Å². The minimum atomic E-state index is 0.212. The van der Waals surface area contributed by atoms with Gasteiger partial charge >= 0.3 is 0 Å². The molecule has 1 saturated carbocycles. The number of hydrogen-bond donors (Lipinski definition) is 0. The molecule has 1 aromatic carbocycles. The van der Waals surface area contributed by atoms with Crippen LogP contribution in [0.4, 0.5) is 0 Å². The Morgan fingerprint density at radius 3 is 2.95 bits per heavy atom. The van der Waals surface area contributed by atoms with E-state index in [-0.39, 0.29) is 5.41 Å². The molecule has 0 unspecified atom stereocenters. The minimum absolute atomic E-state index is 0.212. The average molecular weight is 276 g/mol. The van der Waals surface area contributed by atoms with E-state index in [0.29, 0.717) is 11.5 Å². The average Bonchev–Trinajstić information content (AvgIpc) is 2.55. The van der Waals surface area contributed by atoms with Crippen LogP contribution in [0.25, 0.3) is 0 Å². The van der Waals surface area contributed by atoms with Gasteiger partial charge < -0.3 is 4.90 Å². The van der Waals surface area contributed by atoms with Crippen molar-refractivity contribution < 1.29 is 0 Å². The second kappa shape index (κ2) is 3.71. The van der Waals surface area contributed by atoms with Crippen LogP contribution >= 0.6 is 0 Å². The summed E-state index contributed by atoms with van der Waals surface area (Å²) < 4.78 is 0. The Hall–Kier alpha value is -1.75. The van der Waals surface area contributed by atoms with Gasteiger partial charge in [-0.2, -0.15) is 5.26 Å². The second-order valence-electron chi connectivity index (χ2n) is 7.40. The summed E-state index contributed by atoms with van der Waals surface area (Å²) in [4.78, 5) is 2.09. The van der Waals surface area contributed by atoms with Gasteiger partial charge in [-0.1, -0.05) is 36.4 Å². The van der Waals surface area contributed by atoms with E-state index in [0.717, 1.165) is 25.3 Å². The van der Waals surface area contributed by atoms with Crippen molar-refractivity contribution in [2.24, 2.45) is 11.3 Å². The Morgan fingerprint density at radius 2 is 2.14 bits per heavy atom. The van der Waals surface area contributed by atoms with E-state index in [1.54, 1.807) is 5.56 Å². The molecule has 1 heterocycles. The number of nitriles is 1. The van der Waals surface area contributed by atoms with Crippen molar-refractivity contribution in [1.82, 2.24) is 4.90 Å². The maximum Gasteiger partial charge on any atom is 0.179 e. The summed E-state index contributed by atoms with van der Waals surface area (Å²) in [6, 6.07) is 9.43. The van der Waals surface area contributed by atoms with Crippen LogP contribution in [0.15, 0.2) is 36.4 Å². The maximum atomic E-state index is 9.61. The van der Waals surface area contributed by atoms with Gasteiger partial charge in [-0.25, -0.2) is 0 Å². The number of likely N-dealkylation sites (tertiary alicyclic amines) is 1. The van der Waals surface area contributed by atoms with Crippen LogP contribution in [0.5, 0.6) is 0 Å². The zero-order chi connectivity index (χ0) is 14.1. The third kappa shape index (κ3) is 1.20. The number of hydrogen-bond acceptors (Lipinski definition) is 2. The van der Waals surface area contributed by atoms with Gasteiger partial charge in [0.1, 0.15) is 0 Å². The van der Waals surface area contributed by atoms with Crippen LogP contribution in [0.3, 0.4) is 0 Å². The first-order valence-corrected chi connectivity index (χ1v) is 8.23. The van der Waals surface area contributed by atoms with Crippen molar-refractivity contribution in [3.63, 3.8) is 0 Å². The van der Waals surface area contributed by atoms with Gasteiger partial charge in [0.05, 0.1) is 6.04 Å². The summed E-state index contributed by atoms with van der Waals surface area (Å²) in [6.45, 7) is 0.942. The number of rotatable bonds is 0. The lowest BCUT2D eigenvalue weighted by Crippen LogP contribution is -2.68. The third-order valence-corrected chi connectivity index (χ3v) is 6.92. The quantitative estimate of drug-likeness (QED) is 0.536. The third-order valence-electron chi connectivity index (χ3n) is 6.92. The number of fused-ring (bicyclic) bond motifs is 2. The second-order valence-corrected chi connectivity index (χ2v) is 7.40. The molecular weight excluding hydrogens is 256 g/mol. The van der Waals surface area contributed by atoms with Crippen LogP contribution in [0.2, 0.25) is 0 Å². The van der Waals surface area contributed by atoms with E-state index >= 15 is 0 Å². The number of nitrogens with zero attached hydrogens (tertiary/aromatic N) is 2. The van der Waals surface area contributed by atoms with E-state index in [9.17, 15) is 5.26 Å². The maximum absolute atomic E-state index is 9.61. The SMILES string of the molecule is N#CN1CC[C@]23C[C@H]4C=C[C@@]2(CC4)[C@H]1Cc1ccccc13. The van der Waals surface area contributed by atoms with E-state index in [1.165, 1.54) is 24.8 Å². The molecule has 0 N–H and O–H groups in total. The molecule has 2 heteroatoms. The lowest BCUT2D eigenvalue weighted by Gasteiger charge is -2.67. The molecule has 6 rings (SSSR count). The standard InChI is InChI=1S/C19H20N2/c20-13-21-10-9-19-12-14-5-7-18(19,8-6-14)17(21)11-15-3-1-2-4-16(15)19/h1-5,7,14,17H,6,8-12H2/t14-,17+,18+,19+/m0/s1. The monoisotopic (exact) mass is 276 g/mol. The van der Waals surface area contributed by atoms with Crippen molar-refractivity contribution >= 4 is 0 Å². The molecular formula is C19H20N2. The zero-order valence-corrected chi connectivity index (χ0v) is 12.3. The molecule has 4 aliphatic carbocycles. The summed E-state index contributed by atoms with van der Waals surface area (Å²) in [5.74, 6) is 0.757. The van der Waals surface area contributed by atoms with Crippen molar-refractivity contribution in [3.8, 4) is 6.19 Å². The van der Waals surface area contributed by atoms with Crippen molar-refractivity contribution in [2.45, 2.75) is 43.6 Å². The summed E-state index contributed by atoms with van der Waals surface area (Å²) in [7, 11) is 0. The highest BCUT2D eigenvalue weighted by Crippen LogP contribution is 2.66. The Bertz CT molecular complexity index is 685. The highest BCUT2D eigenvalue weighted by molar-refractivity contribution is 5.48. The molecule has 21 heavy (non-hydrogen) atoms. The molecule has 1 spiro atoms. The van der Waals surface area contributed by atoms with Gasteiger partial charge in [0, 0.05) is 17.4 Å². The van der Waals surface area contributed by atoms with Crippen LogP contribution in [0, 0.1) is 22.8 Å². The topological polar surface area (TPSA) is 27.0 Å². The normalized spacial score (nSPS) is 42.1. The molecule has 106 valence electrons. The van der Waals surface area contributed by atoms with Gasteiger partial charge in [0.2, 0.25) is 0 Å². The van der Waals surface area contributed by atoms with E-state index in [2.05, 4.69) is 47.5 Å². The lowest BCUT2D eigenvalue weighted by molar-refractivity contribution is -0.0597. The van der Waals surface area contributed by atoms with E-state index in [4.69, 9.17) is 0 Å². The summed E-state index contributed by atoms with van der Waals surface area (Å²) >= 11 is 0. The largest absolute Gasteiger partial charge is 0.306 e. The van der Waals surface area contributed by atoms with Crippen molar-refractivity contribution in [1.29, 1.82) is 5.26 Å². The molecule has 5 aliphatic rings. The van der Waals surface area contributed by atoms with E-state index < -0.39 is 0 Å². The predicted octanol–water partition coefficient (Wildman–Crippen LogP) is 3.39. The van der Waals surface area contributed by atoms with Gasteiger partial charge in [-0.15, -0.1) is 0 Å². The fourth-order valence-electron chi connectivity index (χ4n) is 6.08. The molecule has 1 aliphatic heterocycles. The first-order chi connectivity index (χ1) is 10.3. The van der Waals surface area contributed by atoms with Gasteiger partial charge in [0.25, 0.3) is 0 Å². The first-order valence-electron chi connectivity index (χ1n) is 8.23. The molecule has 0 radical (unpaired) electrons. The minimum Gasteiger partial charge on any atom is -0.306 e. The molecule has 0 amide bonds. The Labute approximate surface area is 126 Å². The van der Waals surface area contributed by atoms with Gasteiger partial charge in [0.15, 0.2) is 6.19 Å². The fraction of sp³-hybridized carbons (Fsp3) is 0.526. The molecule has 4 bridgehead atoms. The van der Waals surface area contributed by atoms with Crippen LogP contribution in [-0.4, -0.2) is 17.5 Å². The summed E-state index contributed by atoms with van der Waals surface area (Å²) in [5, 5.41) is 9.61. The van der Waals surface area contributed by atoms with Crippen molar-refractivity contribution in [3.05, 3.63) is 47.5 Å². The summed E-state index contributed by atoms with van der Waals surface area (Å²) in [6.07, 6.45) is 13.6. The predicted molar refractivity (Wildman–Crippen MR) is 81.5 cm³/mol. The molecule has 4 atom stereocenters. The molecule has 1 saturated heterocycles.